The number of hydrogen-bond acceptors (Lipinski definition) is 5. The molecular formula is C10H12N2O3. The average Bonchev–Trinajstić information content (AvgIpc) is 2.23. The van der Waals surface area contributed by atoms with Crippen molar-refractivity contribution in [2.45, 2.75) is 6.10 Å². The second-order valence-electron chi connectivity index (χ2n) is 3.27. The van der Waals surface area contributed by atoms with E-state index in [-0.39, 0.29) is 12.1 Å². The molecule has 1 aromatic heterocycles. The highest BCUT2D eigenvalue weighted by Gasteiger charge is 2.19. The third kappa shape index (κ3) is 2.24. The molecule has 0 radical (unpaired) electrons. The van der Waals surface area contributed by atoms with Crippen molar-refractivity contribution in [3.8, 4) is 5.88 Å². The molecule has 0 saturated carbocycles. The molecule has 1 fully saturated rings. The highest BCUT2D eigenvalue weighted by atomic mass is 16.5. The van der Waals surface area contributed by atoms with Gasteiger partial charge in [-0.15, -0.1) is 0 Å². The molecule has 0 unspecified atom stereocenters. The highest BCUT2D eigenvalue weighted by molar-refractivity contribution is 5.89. The largest absolute Gasteiger partial charge is 0.472 e. The van der Waals surface area contributed by atoms with Crippen molar-refractivity contribution in [2.75, 3.05) is 20.2 Å². The van der Waals surface area contributed by atoms with E-state index in [1.807, 2.05) is 0 Å². The summed E-state index contributed by atoms with van der Waals surface area (Å²) in [5, 5.41) is 3.09. The van der Waals surface area contributed by atoms with Crippen molar-refractivity contribution in [3.05, 3.63) is 23.9 Å². The molecule has 0 bridgehead atoms. The Morgan fingerprint density at radius 3 is 3.00 bits per heavy atom. The van der Waals surface area contributed by atoms with Crippen LogP contribution in [0.25, 0.3) is 0 Å². The molecule has 0 aliphatic carbocycles. The molecule has 2 heterocycles. The normalized spacial score (nSPS) is 15.5. The number of pyridine rings is 1. The van der Waals surface area contributed by atoms with E-state index in [0.29, 0.717) is 11.4 Å². The number of carbonyl (C=O) groups excluding carboxylic acids is 1. The van der Waals surface area contributed by atoms with Gasteiger partial charge in [0.25, 0.3) is 0 Å². The van der Waals surface area contributed by atoms with Crippen LogP contribution in [-0.4, -0.2) is 37.3 Å². The van der Waals surface area contributed by atoms with Crippen LogP contribution in [0, 0.1) is 0 Å². The molecule has 1 N–H and O–H groups in total. The summed E-state index contributed by atoms with van der Waals surface area (Å²) in [6, 6.07) is 3.18. The lowest BCUT2D eigenvalue weighted by atomic mass is 10.2. The number of nitrogens with zero attached hydrogens (tertiary/aromatic N) is 1. The first-order valence-corrected chi connectivity index (χ1v) is 4.71. The second-order valence-corrected chi connectivity index (χ2v) is 3.27. The maximum atomic E-state index is 11.2. The van der Waals surface area contributed by atoms with E-state index < -0.39 is 0 Å². The minimum absolute atomic E-state index is 0.158. The zero-order valence-corrected chi connectivity index (χ0v) is 8.40. The Labute approximate surface area is 87.4 Å². The van der Waals surface area contributed by atoms with E-state index in [1.165, 1.54) is 13.3 Å². The Bertz CT molecular complexity index is 363. The van der Waals surface area contributed by atoms with Gasteiger partial charge in [0.2, 0.25) is 5.88 Å². The Morgan fingerprint density at radius 2 is 2.40 bits per heavy atom. The van der Waals surface area contributed by atoms with Crippen molar-refractivity contribution in [1.29, 1.82) is 0 Å². The summed E-state index contributed by atoms with van der Waals surface area (Å²) >= 11 is 0. The fourth-order valence-corrected chi connectivity index (χ4v) is 1.23. The molecule has 15 heavy (non-hydrogen) atoms. The lowest BCUT2D eigenvalue weighted by Gasteiger charge is -2.27. The monoisotopic (exact) mass is 208 g/mol. The van der Waals surface area contributed by atoms with E-state index in [4.69, 9.17) is 4.74 Å². The standard InChI is InChI=1S/C10H12N2O3/c1-14-10(13)7-2-3-12-9(4-7)15-8-5-11-6-8/h2-4,8,11H,5-6H2,1H3. The first kappa shape index (κ1) is 9.92. The second kappa shape index (κ2) is 4.27. The van der Waals surface area contributed by atoms with Gasteiger partial charge in [-0.25, -0.2) is 9.78 Å². The van der Waals surface area contributed by atoms with Gasteiger partial charge in [0.1, 0.15) is 6.10 Å². The molecule has 2 rings (SSSR count). The molecule has 0 spiro atoms. The summed E-state index contributed by atoms with van der Waals surface area (Å²) in [5.74, 6) is 0.0818. The number of rotatable bonds is 3. The molecule has 80 valence electrons. The van der Waals surface area contributed by atoms with Crippen molar-refractivity contribution < 1.29 is 14.3 Å². The number of nitrogens with one attached hydrogen (secondary N) is 1. The summed E-state index contributed by atoms with van der Waals surface area (Å²) in [6.45, 7) is 1.65. The molecule has 0 amide bonds. The number of carbonyl (C=O) groups is 1. The van der Waals surface area contributed by atoms with E-state index in [1.54, 1.807) is 12.1 Å². The highest BCUT2D eigenvalue weighted by Crippen LogP contribution is 2.13. The van der Waals surface area contributed by atoms with Crippen molar-refractivity contribution in [2.24, 2.45) is 0 Å². The van der Waals surface area contributed by atoms with E-state index in [9.17, 15) is 4.79 Å². The van der Waals surface area contributed by atoms with Crippen molar-refractivity contribution in [3.63, 3.8) is 0 Å². The maximum Gasteiger partial charge on any atom is 0.338 e. The average molecular weight is 208 g/mol. The van der Waals surface area contributed by atoms with Gasteiger partial charge in [-0.05, 0) is 6.07 Å². The summed E-state index contributed by atoms with van der Waals surface area (Å²) in [4.78, 5) is 15.2. The first-order chi connectivity index (χ1) is 7.29. The van der Waals surface area contributed by atoms with Crippen LogP contribution in [0.15, 0.2) is 18.3 Å². The summed E-state index contributed by atoms with van der Waals surface area (Å²) in [6.07, 6.45) is 1.69. The summed E-state index contributed by atoms with van der Waals surface area (Å²) in [5.41, 5.74) is 0.454. The van der Waals surface area contributed by atoms with Crippen LogP contribution in [0.5, 0.6) is 5.88 Å². The number of ether oxygens (including phenoxy) is 2. The topological polar surface area (TPSA) is 60.5 Å². The predicted octanol–water partition coefficient (Wildman–Crippen LogP) is 0.219. The Morgan fingerprint density at radius 1 is 1.60 bits per heavy atom. The molecule has 1 aliphatic heterocycles. The van der Waals surface area contributed by atoms with E-state index in [0.717, 1.165) is 13.1 Å². The van der Waals surface area contributed by atoms with Crippen LogP contribution in [0.3, 0.4) is 0 Å². The van der Waals surface area contributed by atoms with Gasteiger partial charge in [0, 0.05) is 25.4 Å². The number of esters is 1. The Balaban J connectivity index is 2.07. The van der Waals surface area contributed by atoms with Gasteiger partial charge in [-0.2, -0.15) is 0 Å². The number of methoxy groups -OCH3 is 1. The van der Waals surface area contributed by atoms with Crippen LogP contribution in [-0.2, 0) is 4.74 Å². The van der Waals surface area contributed by atoms with Gasteiger partial charge in [-0.3, -0.25) is 0 Å². The van der Waals surface area contributed by atoms with Crippen molar-refractivity contribution >= 4 is 5.97 Å². The predicted molar refractivity (Wildman–Crippen MR) is 52.9 cm³/mol. The molecule has 0 aromatic carbocycles. The minimum Gasteiger partial charge on any atom is -0.472 e. The fourth-order valence-electron chi connectivity index (χ4n) is 1.23. The maximum absolute atomic E-state index is 11.2. The van der Waals surface area contributed by atoms with Crippen LogP contribution in [0.4, 0.5) is 0 Å². The van der Waals surface area contributed by atoms with Crippen LogP contribution in [0.1, 0.15) is 10.4 Å². The van der Waals surface area contributed by atoms with Gasteiger partial charge in [0.15, 0.2) is 0 Å². The van der Waals surface area contributed by atoms with Gasteiger partial charge >= 0.3 is 5.97 Å². The van der Waals surface area contributed by atoms with Gasteiger partial charge < -0.3 is 14.8 Å². The lowest BCUT2D eigenvalue weighted by Crippen LogP contribution is -2.50. The molecule has 0 atom stereocenters. The fraction of sp³-hybridized carbons (Fsp3) is 0.400. The summed E-state index contributed by atoms with van der Waals surface area (Å²) in [7, 11) is 1.35. The van der Waals surface area contributed by atoms with Crippen LogP contribution < -0.4 is 10.1 Å². The Kier molecular flexibility index (Phi) is 2.82. The Hall–Kier alpha value is -1.62. The van der Waals surface area contributed by atoms with E-state index >= 15 is 0 Å². The third-order valence-electron chi connectivity index (χ3n) is 2.19. The molecule has 1 aliphatic rings. The van der Waals surface area contributed by atoms with Crippen LogP contribution >= 0.6 is 0 Å². The number of aromatic nitrogens is 1. The van der Waals surface area contributed by atoms with Crippen molar-refractivity contribution in [1.82, 2.24) is 10.3 Å². The molecule has 1 saturated heterocycles. The molecular weight excluding hydrogens is 196 g/mol. The lowest BCUT2D eigenvalue weighted by molar-refractivity contribution is 0.0599. The third-order valence-corrected chi connectivity index (χ3v) is 2.19. The smallest absolute Gasteiger partial charge is 0.338 e. The molecule has 5 nitrogen and oxygen atoms in total. The number of hydrogen-bond donors (Lipinski definition) is 1. The van der Waals surface area contributed by atoms with Crippen LogP contribution in [0.2, 0.25) is 0 Å². The summed E-state index contributed by atoms with van der Waals surface area (Å²) < 4.78 is 10.1. The minimum atomic E-state index is -0.381. The van der Waals surface area contributed by atoms with Gasteiger partial charge in [0.05, 0.1) is 12.7 Å². The zero-order valence-electron chi connectivity index (χ0n) is 8.40. The first-order valence-electron chi connectivity index (χ1n) is 4.71. The quantitative estimate of drug-likeness (QED) is 0.720. The van der Waals surface area contributed by atoms with E-state index in [2.05, 4.69) is 15.0 Å². The SMILES string of the molecule is COC(=O)c1ccnc(OC2CNC2)c1. The van der Waals surface area contributed by atoms with Gasteiger partial charge in [-0.1, -0.05) is 0 Å². The zero-order chi connectivity index (χ0) is 10.7. The molecule has 5 heteroatoms. The molecule has 1 aromatic rings.